The van der Waals surface area contributed by atoms with Gasteiger partial charge < -0.3 is 19.1 Å². The summed E-state index contributed by atoms with van der Waals surface area (Å²) in [5.41, 5.74) is 2.40. The maximum Gasteiger partial charge on any atom is 0.246 e. The number of nitrogens with one attached hydrogen (secondary N) is 1. The lowest BCUT2D eigenvalue weighted by molar-refractivity contribution is -0.122. The van der Waals surface area contributed by atoms with Gasteiger partial charge in [-0.05, 0) is 17.7 Å². The number of amides is 1. The number of para-hydroxylation sites is 1. The monoisotopic (exact) mass is 362 g/mol. The van der Waals surface area contributed by atoms with Crippen molar-refractivity contribution in [3.63, 3.8) is 0 Å². The van der Waals surface area contributed by atoms with Crippen molar-refractivity contribution in [3.05, 3.63) is 59.4 Å². The molecule has 3 aliphatic heterocycles. The van der Waals surface area contributed by atoms with E-state index in [4.69, 9.17) is 14.2 Å². The fourth-order valence-electron chi connectivity index (χ4n) is 4.19. The summed E-state index contributed by atoms with van der Waals surface area (Å²) in [4.78, 5) is 15.4. The second-order valence-electron chi connectivity index (χ2n) is 6.77. The highest BCUT2D eigenvalue weighted by molar-refractivity contribution is 6.11. The van der Waals surface area contributed by atoms with Gasteiger partial charge in [-0.15, -0.1) is 0 Å². The van der Waals surface area contributed by atoms with Crippen molar-refractivity contribution >= 4 is 11.6 Å². The lowest BCUT2D eigenvalue weighted by atomic mass is 9.77. The molecular formula is C19H14N4O4. The van der Waals surface area contributed by atoms with Crippen molar-refractivity contribution in [1.29, 1.82) is 0 Å². The summed E-state index contributed by atoms with van der Waals surface area (Å²) in [6.45, 7) is 0.762. The zero-order valence-corrected chi connectivity index (χ0v) is 14.1. The number of ether oxygens (including phenoxy) is 3. The van der Waals surface area contributed by atoms with Crippen molar-refractivity contribution < 1.29 is 19.0 Å². The minimum absolute atomic E-state index is 0.0377. The number of carbonyl (C=O) groups is 1. The average molecular weight is 362 g/mol. The Balaban J connectivity index is 1.54. The van der Waals surface area contributed by atoms with E-state index < -0.39 is 5.41 Å². The van der Waals surface area contributed by atoms with Crippen molar-refractivity contribution in [1.82, 2.24) is 15.4 Å². The van der Waals surface area contributed by atoms with Crippen LogP contribution in [0, 0.1) is 0 Å². The van der Waals surface area contributed by atoms with Crippen LogP contribution < -0.4 is 19.1 Å². The Kier molecular flexibility index (Phi) is 2.70. The predicted molar refractivity (Wildman–Crippen MR) is 92.9 cm³/mol. The Hall–Kier alpha value is -3.55. The first kappa shape index (κ1) is 14.6. The quantitative estimate of drug-likeness (QED) is 0.747. The number of aromatic nitrogens is 3. The summed E-state index contributed by atoms with van der Waals surface area (Å²) in [5, 5.41) is 10.5. The third-order valence-corrected chi connectivity index (χ3v) is 5.43. The molecule has 0 radical (unpaired) electrons. The van der Waals surface area contributed by atoms with Crippen LogP contribution in [0.1, 0.15) is 16.8 Å². The highest BCUT2D eigenvalue weighted by atomic mass is 16.7. The van der Waals surface area contributed by atoms with Crippen molar-refractivity contribution in [3.8, 4) is 17.2 Å². The molecule has 0 aliphatic carbocycles. The van der Waals surface area contributed by atoms with E-state index in [1.165, 1.54) is 0 Å². The molecule has 1 N–H and O–H groups in total. The molecule has 1 spiro atoms. The second-order valence-corrected chi connectivity index (χ2v) is 6.77. The minimum atomic E-state index is -0.892. The standard InChI is InChI=1S/C19H14N4O4/c24-18-19(9-25-15-6-17-16(5-13(15)19)26-10-27-17)12-3-1-2-4-14(12)23(18)8-11-7-20-22-21-11/h1-7H,8-10H2,(H,20,21,22). The highest BCUT2D eigenvalue weighted by Gasteiger charge is 2.57. The molecule has 3 aliphatic rings. The van der Waals surface area contributed by atoms with Crippen LogP contribution in [0.5, 0.6) is 17.2 Å². The molecule has 6 rings (SSSR count). The van der Waals surface area contributed by atoms with E-state index in [0.29, 0.717) is 29.5 Å². The Bertz CT molecular complexity index is 1080. The van der Waals surface area contributed by atoms with Crippen molar-refractivity contribution in [2.24, 2.45) is 0 Å². The number of fused-ring (bicyclic) bond motifs is 5. The van der Waals surface area contributed by atoms with Gasteiger partial charge in [0.15, 0.2) is 11.5 Å². The highest BCUT2D eigenvalue weighted by Crippen LogP contribution is 2.55. The zero-order valence-electron chi connectivity index (χ0n) is 14.1. The molecule has 27 heavy (non-hydrogen) atoms. The van der Waals surface area contributed by atoms with Crippen LogP contribution >= 0.6 is 0 Å². The van der Waals surface area contributed by atoms with E-state index in [1.807, 2.05) is 36.4 Å². The number of anilines is 1. The normalized spacial score (nSPS) is 21.5. The molecule has 1 amide bonds. The molecule has 4 heterocycles. The molecule has 1 atom stereocenters. The Morgan fingerprint density at radius 3 is 2.78 bits per heavy atom. The number of carbonyl (C=O) groups excluding carboxylic acids is 1. The van der Waals surface area contributed by atoms with Crippen LogP contribution in [0.2, 0.25) is 0 Å². The first-order chi connectivity index (χ1) is 13.3. The molecular weight excluding hydrogens is 348 g/mol. The molecule has 0 saturated heterocycles. The van der Waals surface area contributed by atoms with Crippen LogP contribution in [0.15, 0.2) is 42.6 Å². The number of H-pyrrole nitrogens is 1. The van der Waals surface area contributed by atoms with Crippen LogP contribution in [0.25, 0.3) is 0 Å². The molecule has 0 fully saturated rings. The van der Waals surface area contributed by atoms with Crippen LogP contribution in [0.4, 0.5) is 5.69 Å². The van der Waals surface area contributed by atoms with Gasteiger partial charge >= 0.3 is 0 Å². The Morgan fingerprint density at radius 2 is 1.93 bits per heavy atom. The van der Waals surface area contributed by atoms with E-state index >= 15 is 0 Å². The summed E-state index contributed by atoms with van der Waals surface area (Å²) < 4.78 is 16.9. The molecule has 1 aromatic heterocycles. The molecule has 0 saturated carbocycles. The molecule has 8 heteroatoms. The van der Waals surface area contributed by atoms with Crippen molar-refractivity contribution in [2.75, 3.05) is 18.3 Å². The number of hydrogen-bond donors (Lipinski definition) is 1. The summed E-state index contributed by atoms with van der Waals surface area (Å²) in [5.74, 6) is 1.90. The molecule has 0 bridgehead atoms. The van der Waals surface area contributed by atoms with Gasteiger partial charge in [-0.3, -0.25) is 4.79 Å². The topological polar surface area (TPSA) is 89.6 Å². The lowest BCUT2D eigenvalue weighted by Crippen LogP contribution is -2.42. The number of nitrogens with zero attached hydrogens (tertiary/aromatic N) is 3. The first-order valence-electron chi connectivity index (χ1n) is 8.60. The molecule has 2 aromatic carbocycles. The van der Waals surface area contributed by atoms with Gasteiger partial charge in [0.25, 0.3) is 0 Å². The minimum Gasteiger partial charge on any atom is -0.491 e. The number of hydrogen-bond acceptors (Lipinski definition) is 6. The van der Waals surface area contributed by atoms with E-state index in [-0.39, 0.29) is 19.3 Å². The molecule has 134 valence electrons. The van der Waals surface area contributed by atoms with Crippen LogP contribution in [-0.4, -0.2) is 34.7 Å². The summed E-state index contributed by atoms with van der Waals surface area (Å²) in [6.07, 6.45) is 1.62. The van der Waals surface area contributed by atoms with Crippen LogP contribution in [-0.2, 0) is 16.8 Å². The SMILES string of the molecule is O=C1N(Cc2cn[nH]n2)c2ccccc2C12COc1cc3c(cc12)OCO3. The van der Waals surface area contributed by atoms with E-state index in [0.717, 1.165) is 16.8 Å². The van der Waals surface area contributed by atoms with Gasteiger partial charge in [0.1, 0.15) is 23.5 Å². The number of aromatic amines is 1. The number of benzene rings is 2. The van der Waals surface area contributed by atoms with Gasteiger partial charge in [-0.25, -0.2) is 0 Å². The second kappa shape index (κ2) is 5.00. The van der Waals surface area contributed by atoms with Crippen LogP contribution in [0.3, 0.4) is 0 Å². The summed E-state index contributed by atoms with van der Waals surface area (Å²) in [6, 6.07) is 11.5. The van der Waals surface area contributed by atoms with E-state index in [9.17, 15) is 4.79 Å². The fraction of sp³-hybridized carbons (Fsp3) is 0.211. The maximum atomic E-state index is 13.7. The Morgan fingerprint density at radius 1 is 1.07 bits per heavy atom. The van der Waals surface area contributed by atoms with Gasteiger partial charge in [-0.2, -0.15) is 15.4 Å². The van der Waals surface area contributed by atoms with Gasteiger partial charge in [0.2, 0.25) is 12.7 Å². The maximum absolute atomic E-state index is 13.7. The number of rotatable bonds is 2. The molecule has 3 aromatic rings. The molecule has 8 nitrogen and oxygen atoms in total. The van der Waals surface area contributed by atoms with Gasteiger partial charge in [0, 0.05) is 17.3 Å². The lowest BCUT2D eigenvalue weighted by Gasteiger charge is -2.22. The Labute approximate surface area is 153 Å². The largest absolute Gasteiger partial charge is 0.491 e. The smallest absolute Gasteiger partial charge is 0.246 e. The van der Waals surface area contributed by atoms with Gasteiger partial charge in [0.05, 0.1) is 12.7 Å². The van der Waals surface area contributed by atoms with E-state index in [2.05, 4.69) is 15.4 Å². The summed E-state index contributed by atoms with van der Waals surface area (Å²) >= 11 is 0. The molecule has 1 unspecified atom stereocenters. The zero-order chi connectivity index (χ0) is 18.0. The third-order valence-electron chi connectivity index (χ3n) is 5.43. The van der Waals surface area contributed by atoms with Crippen molar-refractivity contribution in [2.45, 2.75) is 12.0 Å². The average Bonchev–Trinajstić information content (AvgIpc) is 3.46. The van der Waals surface area contributed by atoms with E-state index in [1.54, 1.807) is 11.1 Å². The predicted octanol–water partition coefficient (Wildman–Crippen LogP) is 1.76. The first-order valence-corrected chi connectivity index (χ1v) is 8.60. The van der Waals surface area contributed by atoms with Gasteiger partial charge in [-0.1, -0.05) is 18.2 Å². The third kappa shape index (κ3) is 1.79. The summed E-state index contributed by atoms with van der Waals surface area (Å²) in [7, 11) is 0. The fourth-order valence-corrected chi connectivity index (χ4v) is 4.19.